The van der Waals surface area contributed by atoms with Gasteiger partial charge in [0.25, 0.3) is 0 Å². The standard InChI is InChI=1S/C20H22F2N4O2/c1-11-14-6-7-26(19(14)25-10-24-11)16-8-15(17(27)18(16)28)20(22,9-23)12-2-4-13(21)5-3-12/h2-7,10,15-18,27-28H,8-9,23H2,1H3/t15-,16+,17+,18-,20-/m0/s1. The Morgan fingerprint density at radius 1 is 1.18 bits per heavy atom. The minimum absolute atomic E-state index is 0.153. The van der Waals surface area contributed by atoms with Crippen molar-refractivity contribution in [1.82, 2.24) is 14.5 Å². The van der Waals surface area contributed by atoms with Crippen LogP contribution < -0.4 is 5.73 Å². The summed E-state index contributed by atoms with van der Waals surface area (Å²) in [5.74, 6) is -1.44. The number of alkyl halides is 1. The van der Waals surface area contributed by atoms with Gasteiger partial charge in [0.2, 0.25) is 0 Å². The van der Waals surface area contributed by atoms with Crippen LogP contribution in [0, 0.1) is 18.7 Å². The summed E-state index contributed by atoms with van der Waals surface area (Å²) in [6.07, 6.45) is 0.818. The molecule has 28 heavy (non-hydrogen) atoms. The molecule has 1 fully saturated rings. The summed E-state index contributed by atoms with van der Waals surface area (Å²) in [6.45, 7) is 1.46. The number of benzene rings is 1. The van der Waals surface area contributed by atoms with Gasteiger partial charge in [-0.3, -0.25) is 0 Å². The molecular weight excluding hydrogens is 366 g/mol. The van der Waals surface area contributed by atoms with Crippen LogP contribution in [0.4, 0.5) is 8.78 Å². The number of fused-ring (bicyclic) bond motifs is 1. The molecule has 148 valence electrons. The highest BCUT2D eigenvalue weighted by atomic mass is 19.1. The second kappa shape index (κ2) is 6.88. The molecule has 8 heteroatoms. The van der Waals surface area contributed by atoms with Gasteiger partial charge in [0.05, 0.1) is 17.8 Å². The van der Waals surface area contributed by atoms with Gasteiger partial charge in [0.1, 0.15) is 23.9 Å². The summed E-state index contributed by atoms with van der Waals surface area (Å²) in [7, 11) is 0. The Bertz CT molecular complexity index is 994. The van der Waals surface area contributed by atoms with E-state index in [4.69, 9.17) is 5.73 Å². The highest BCUT2D eigenvalue weighted by Crippen LogP contribution is 2.47. The monoisotopic (exact) mass is 388 g/mol. The van der Waals surface area contributed by atoms with Crippen molar-refractivity contribution in [3.8, 4) is 0 Å². The van der Waals surface area contributed by atoms with Crippen molar-refractivity contribution in [2.24, 2.45) is 11.7 Å². The highest BCUT2D eigenvalue weighted by Gasteiger charge is 2.53. The van der Waals surface area contributed by atoms with E-state index < -0.39 is 42.2 Å². The van der Waals surface area contributed by atoms with Crippen molar-refractivity contribution in [2.45, 2.75) is 37.3 Å². The van der Waals surface area contributed by atoms with E-state index in [9.17, 15) is 14.6 Å². The third-order valence-corrected chi connectivity index (χ3v) is 5.93. The van der Waals surface area contributed by atoms with Gasteiger partial charge < -0.3 is 20.5 Å². The molecule has 0 amide bonds. The van der Waals surface area contributed by atoms with E-state index in [1.165, 1.54) is 18.5 Å². The average Bonchev–Trinajstić information content (AvgIpc) is 3.25. The quantitative estimate of drug-likeness (QED) is 0.635. The van der Waals surface area contributed by atoms with E-state index in [1.807, 2.05) is 13.0 Å². The number of halogens is 2. The Labute approximate surface area is 160 Å². The van der Waals surface area contributed by atoms with Crippen LogP contribution in [0.15, 0.2) is 42.9 Å². The zero-order chi connectivity index (χ0) is 20.1. The third-order valence-electron chi connectivity index (χ3n) is 5.93. The lowest BCUT2D eigenvalue weighted by Gasteiger charge is -2.33. The molecule has 1 aliphatic carbocycles. The van der Waals surface area contributed by atoms with E-state index in [-0.39, 0.29) is 12.0 Å². The fraction of sp³-hybridized carbons (Fsp3) is 0.400. The van der Waals surface area contributed by atoms with E-state index in [1.54, 1.807) is 10.8 Å². The largest absolute Gasteiger partial charge is 0.390 e. The van der Waals surface area contributed by atoms with Crippen LogP contribution >= 0.6 is 0 Å². The molecule has 1 saturated carbocycles. The summed E-state index contributed by atoms with van der Waals surface area (Å²) >= 11 is 0. The van der Waals surface area contributed by atoms with Crippen LogP contribution in [0.1, 0.15) is 23.7 Å². The maximum absolute atomic E-state index is 16.0. The van der Waals surface area contributed by atoms with Gasteiger partial charge in [-0.1, -0.05) is 12.1 Å². The average molecular weight is 388 g/mol. The molecule has 2 aromatic heterocycles. The van der Waals surface area contributed by atoms with Gasteiger partial charge in [-0.15, -0.1) is 0 Å². The van der Waals surface area contributed by atoms with Crippen LogP contribution in [0.2, 0.25) is 0 Å². The molecule has 6 nitrogen and oxygen atoms in total. The topological polar surface area (TPSA) is 97.2 Å². The first kappa shape index (κ1) is 18.9. The molecule has 1 aliphatic rings. The maximum atomic E-state index is 16.0. The lowest BCUT2D eigenvalue weighted by Crippen LogP contribution is -2.44. The molecule has 0 unspecified atom stereocenters. The SMILES string of the molecule is Cc1ncnc2c1ccn2[C@@H]1C[C@H]([C@](F)(CN)c2ccc(F)cc2)[C@@H](O)[C@H]1O. The molecule has 0 aliphatic heterocycles. The molecule has 0 bridgehead atoms. The van der Waals surface area contributed by atoms with Gasteiger partial charge in [0, 0.05) is 24.0 Å². The second-order valence-electron chi connectivity index (χ2n) is 7.38. The Hall–Kier alpha value is -2.42. The number of rotatable bonds is 4. The molecule has 0 radical (unpaired) electrons. The first-order valence-corrected chi connectivity index (χ1v) is 9.16. The van der Waals surface area contributed by atoms with E-state index >= 15 is 4.39 Å². The minimum Gasteiger partial charge on any atom is -0.390 e. The van der Waals surface area contributed by atoms with Crippen molar-refractivity contribution < 1.29 is 19.0 Å². The summed E-state index contributed by atoms with van der Waals surface area (Å²) < 4.78 is 31.0. The fourth-order valence-corrected chi connectivity index (χ4v) is 4.32. The summed E-state index contributed by atoms with van der Waals surface area (Å²) in [5.41, 5.74) is 5.24. The van der Waals surface area contributed by atoms with Gasteiger partial charge in [-0.2, -0.15) is 0 Å². The van der Waals surface area contributed by atoms with E-state index in [0.717, 1.165) is 23.2 Å². The Morgan fingerprint density at radius 3 is 2.57 bits per heavy atom. The Balaban J connectivity index is 1.72. The normalized spacial score (nSPS) is 27.2. The van der Waals surface area contributed by atoms with E-state index in [0.29, 0.717) is 5.65 Å². The highest BCUT2D eigenvalue weighted by molar-refractivity contribution is 5.78. The first-order chi connectivity index (χ1) is 13.4. The zero-order valence-electron chi connectivity index (χ0n) is 15.3. The number of aliphatic hydroxyl groups excluding tert-OH is 2. The fourth-order valence-electron chi connectivity index (χ4n) is 4.32. The van der Waals surface area contributed by atoms with Crippen LogP contribution in [0.3, 0.4) is 0 Å². The van der Waals surface area contributed by atoms with Crippen molar-refractivity contribution in [3.63, 3.8) is 0 Å². The molecule has 5 atom stereocenters. The van der Waals surface area contributed by atoms with Crippen LogP contribution in [-0.2, 0) is 5.67 Å². The number of aromatic nitrogens is 3. The number of nitrogens with two attached hydrogens (primary N) is 1. The van der Waals surface area contributed by atoms with Crippen molar-refractivity contribution in [3.05, 3.63) is 59.9 Å². The predicted octanol–water partition coefficient (Wildman–Crippen LogP) is 1.99. The van der Waals surface area contributed by atoms with Gasteiger partial charge >= 0.3 is 0 Å². The molecule has 1 aromatic carbocycles. The third kappa shape index (κ3) is 2.80. The summed E-state index contributed by atoms with van der Waals surface area (Å²) in [4.78, 5) is 8.43. The number of nitrogens with zero attached hydrogens (tertiary/aromatic N) is 3. The van der Waals surface area contributed by atoms with Gasteiger partial charge in [-0.05, 0) is 37.1 Å². The summed E-state index contributed by atoms with van der Waals surface area (Å²) in [5, 5.41) is 22.2. The van der Waals surface area contributed by atoms with Crippen molar-refractivity contribution in [1.29, 1.82) is 0 Å². The number of aryl methyl sites for hydroxylation is 1. The first-order valence-electron chi connectivity index (χ1n) is 9.16. The molecule has 3 aromatic rings. The Kier molecular flexibility index (Phi) is 4.65. The van der Waals surface area contributed by atoms with E-state index in [2.05, 4.69) is 9.97 Å². The zero-order valence-corrected chi connectivity index (χ0v) is 15.3. The molecule has 4 N–H and O–H groups in total. The number of hydrogen-bond acceptors (Lipinski definition) is 5. The molecule has 0 spiro atoms. The number of hydrogen-bond donors (Lipinski definition) is 3. The van der Waals surface area contributed by atoms with Crippen LogP contribution in [0.5, 0.6) is 0 Å². The molecule has 2 heterocycles. The van der Waals surface area contributed by atoms with Gasteiger partial charge in [0.15, 0.2) is 5.67 Å². The van der Waals surface area contributed by atoms with Crippen LogP contribution in [-0.4, -0.2) is 43.5 Å². The maximum Gasteiger partial charge on any atom is 0.153 e. The molecule has 4 rings (SSSR count). The minimum atomic E-state index is -2.10. The second-order valence-corrected chi connectivity index (χ2v) is 7.38. The molecule has 0 saturated heterocycles. The van der Waals surface area contributed by atoms with Crippen molar-refractivity contribution in [2.75, 3.05) is 6.54 Å². The summed E-state index contributed by atoms with van der Waals surface area (Å²) in [6, 6.07) is 6.24. The predicted molar refractivity (Wildman–Crippen MR) is 99.7 cm³/mol. The molecular formula is C20H22F2N4O2. The lowest BCUT2D eigenvalue weighted by molar-refractivity contribution is -0.0394. The Morgan fingerprint density at radius 2 is 1.89 bits per heavy atom. The van der Waals surface area contributed by atoms with Crippen molar-refractivity contribution >= 4 is 11.0 Å². The smallest absolute Gasteiger partial charge is 0.153 e. The van der Waals surface area contributed by atoms with Crippen LogP contribution in [0.25, 0.3) is 11.0 Å². The van der Waals surface area contributed by atoms with Gasteiger partial charge in [-0.25, -0.2) is 18.7 Å². The lowest BCUT2D eigenvalue weighted by atomic mass is 9.80. The number of aliphatic hydroxyl groups is 2.